The fourth-order valence-electron chi connectivity index (χ4n) is 0.298. The van der Waals surface area contributed by atoms with Crippen LogP contribution in [0.25, 0.3) is 0 Å². The molecule has 0 spiro atoms. The molecular formula is C10H23BO4. The van der Waals surface area contributed by atoms with Crippen molar-refractivity contribution in [3.05, 3.63) is 11.5 Å². The molecule has 4 nitrogen and oxygen atoms in total. The van der Waals surface area contributed by atoms with Crippen molar-refractivity contribution in [3.8, 4) is 0 Å². The van der Waals surface area contributed by atoms with Crippen LogP contribution in [0.15, 0.2) is 11.5 Å². The van der Waals surface area contributed by atoms with Gasteiger partial charge in [0.25, 0.3) is 0 Å². The van der Waals surface area contributed by atoms with Gasteiger partial charge >= 0.3 is 7.12 Å². The van der Waals surface area contributed by atoms with Gasteiger partial charge in [0.2, 0.25) is 0 Å². The Morgan fingerprint density at radius 2 is 1.20 bits per heavy atom. The summed E-state index contributed by atoms with van der Waals surface area (Å²) in [6.45, 7) is 9.92. The number of hydrogen-bond acceptors (Lipinski definition) is 4. The topological polar surface area (TPSA) is 80.9 Å². The average molecular weight is 218 g/mol. The van der Waals surface area contributed by atoms with Crippen molar-refractivity contribution >= 4 is 7.12 Å². The second-order valence-corrected chi connectivity index (χ2v) is 4.78. The van der Waals surface area contributed by atoms with Crippen LogP contribution in [0.1, 0.15) is 41.5 Å². The highest BCUT2D eigenvalue weighted by Crippen LogP contribution is 2.19. The molecule has 0 radical (unpaired) electrons. The van der Waals surface area contributed by atoms with Gasteiger partial charge in [-0.2, -0.15) is 0 Å². The minimum Gasteiger partial charge on any atom is -0.424 e. The molecule has 4 N–H and O–H groups in total. The molecule has 0 amide bonds. The van der Waals surface area contributed by atoms with Gasteiger partial charge < -0.3 is 20.3 Å². The molecule has 0 aliphatic carbocycles. The summed E-state index contributed by atoms with van der Waals surface area (Å²) in [7, 11) is -1.29. The number of aliphatic hydroxyl groups is 2. The van der Waals surface area contributed by atoms with Gasteiger partial charge in [-0.3, -0.25) is 0 Å². The lowest BCUT2D eigenvalue weighted by Crippen LogP contribution is -2.44. The highest BCUT2D eigenvalue weighted by Gasteiger charge is 2.31. The Hall–Kier alpha value is -0.355. The predicted molar refractivity (Wildman–Crippen MR) is 62.2 cm³/mol. The standard InChI is InChI=1S/C6H14O2.C4H9BO2/c1-5(2,7)6(3,4)8;1-4(2)3-5(6)7/h7-8H,1-4H3;3,6-7H,1-2H3. The van der Waals surface area contributed by atoms with Crippen molar-refractivity contribution in [1.29, 1.82) is 0 Å². The summed E-state index contributed by atoms with van der Waals surface area (Å²) in [5.74, 6) is 1.36. The zero-order valence-electron chi connectivity index (χ0n) is 10.4. The molecule has 0 saturated carbocycles. The first-order valence-electron chi connectivity index (χ1n) is 4.84. The van der Waals surface area contributed by atoms with E-state index in [-0.39, 0.29) is 0 Å². The van der Waals surface area contributed by atoms with E-state index in [9.17, 15) is 0 Å². The van der Waals surface area contributed by atoms with E-state index >= 15 is 0 Å². The third kappa shape index (κ3) is 11.6. The zero-order chi connectivity index (χ0) is 12.9. The number of hydrogen-bond donors (Lipinski definition) is 4. The van der Waals surface area contributed by atoms with Crippen molar-refractivity contribution in [2.24, 2.45) is 0 Å². The summed E-state index contributed by atoms with van der Waals surface area (Å²) in [5, 5.41) is 34.6. The first-order valence-corrected chi connectivity index (χ1v) is 4.84. The maximum absolute atomic E-state index is 9.10. The highest BCUT2D eigenvalue weighted by molar-refractivity contribution is 6.47. The van der Waals surface area contributed by atoms with Crippen LogP contribution in [0.3, 0.4) is 0 Å². The fraction of sp³-hybridized carbons (Fsp3) is 0.800. The van der Waals surface area contributed by atoms with Crippen molar-refractivity contribution in [2.45, 2.75) is 52.7 Å². The monoisotopic (exact) mass is 218 g/mol. The van der Waals surface area contributed by atoms with Crippen LogP contribution in [-0.2, 0) is 0 Å². The van der Waals surface area contributed by atoms with Gasteiger partial charge in [-0.05, 0) is 41.5 Å². The minimum absolute atomic E-state index is 0.912. The first-order chi connectivity index (χ1) is 6.38. The van der Waals surface area contributed by atoms with Gasteiger partial charge in [0.15, 0.2) is 0 Å². The second-order valence-electron chi connectivity index (χ2n) is 4.78. The molecule has 0 heterocycles. The molecule has 15 heavy (non-hydrogen) atoms. The van der Waals surface area contributed by atoms with E-state index in [4.69, 9.17) is 20.3 Å². The van der Waals surface area contributed by atoms with Gasteiger partial charge in [-0.1, -0.05) is 11.5 Å². The lowest BCUT2D eigenvalue weighted by Gasteiger charge is -2.31. The fourth-order valence-corrected chi connectivity index (χ4v) is 0.298. The minimum atomic E-state index is -1.29. The Balaban J connectivity index is 0. The summed E-state index contributed by atoms with van der Waals surface area (Å²) in [4.78, 5) is 0. The maximum Gasteiger partial charge on any atom is 0.480 e. The molecule has 5 heteroatoms. The van der Waals surface area contributed by atoms with E-state index in [1.54, 1.807) is 41.5 Å². The largest absolute Gasteiger partial charge is 0.480 e. The molecule has 0 unspecified atom stereocenters. The average Bonchev–Trinajstić information content (AvgIpc) is 1.78. The van der Waals surface area contributed by atoms with Crippen LogP contribution in [-0.4, -0.2) is 38.6 Å². The number of allylic oxidation sites excluding steroid dienone is 1. The normalized spacial score (nSPS) is 11.3. The maximum atomic E-state index is 9.10. The summed E-state index contributed by atoms with van der Waals surface area (Å²) >= 11 is 0. The van der Waals surface area contributed by atoms with E-state index in [2.05, 4.69) is 0 Å². The van der Waals surface area contributed by atoms with Crippen LogP contribution in [0, 0.1) is 0 Å². The third-order valence-electron chi connectivity index (χ3n) is 1.98. The molecule has 0 aliphatic rings. The Bertz CT molecular complexity index is 182. The van der Waals surface area contributed by atoms with Crippen LogP contribution in [0.2, 0.25) is 0 Å². The molecular weight excluding hydrogens is 195 g/mol. The molecule has 0 aromatic carbocycles. The second kappa shape index (κ2) is 6.28. The lowest BCUT2D eigenvalue weighted by molar-refractivity contribution is -0.107. The van der Waals surface area contributed by atoms with Crippen LogP contribution >= 0.6 is 0 Å². The number of rotatable bonds is 2. The van der Waals surface area contributed by atoms with Crippen molar-refractivity contribution < 1.29 is 20.3 Å². The smallest absolute Gasteiger partial charge is 0.424 e. The van der Waals surface area contributed by atoms with Gasteiger partial charge in [0, 0.05) is 0 Å². The molecule has 0 aromatic rings. The van der Waals surface area contributed by atoms with E-state index in [0.717, 1.165) is 5.57 Å². The molecule has 0 aromatic heterocycles. The molecule has 90 valence electrons. The summed E-state index contributed by atoms with van der Waals surface area (Å²) < 4.78 is 0. The Morgan fingerprint density at radius 1 is 0.933 bits per heavy atom. The Kier molecular flexibility index (Phi) is 7.13. The summed E-state index contributed by atoms with van der Waals surface area (Å²) in [6.07, 6.45) is 0. The zero-order valence-corrected chi connectivity index (χ0v) is 10.4. The van der Waals surface area contributed by atoms with Crippen LogP contribution < -0.4 is 0 Å². The molecule has 0 bridgehead atoms. The molecule has 0 atom stereocenters. The highest BCUT2D eigenvalue weighted by atomic mass is 16.4. The van der Waals surface area contributed by atoms with E-state index in [1.807, 2.05) is 0 Å². The Morgan fingerprint density at radius 3 is 1.20 bits per heavy atom. The van der Waals surface area contributed by atoms with E-state index < -0.39 is 18.3 Å². The van der Waals surface area contributed by atoms with Gasteiger partial charge in [0.1, 0.15) is 0 Å². The quantitative estimate of drug-likeness (QED) is 0.508. The third-order valence-corrected chi connectivity index (χ3v) is 1.98. The van der Waals surface area contributed by atoms with Gasteiger partial charge in [-0.25, -0.2) is 0 Å². The van der Waals surface area contributed by atoms with Crippen LogP contribution in [0.4, 0.5) is 0 Å². The molecule has 0 rings (SSSR count). The van der Waals surface area contributed by atoms with Crippen molar-refractivity contribution in [1.82, 2.24) is 0 Å². The predicted octanol–water partition coefficient (Wildman–Crippen LogP) is 0.493. The van der Waals surface area contributed by atoms with E-state index in [1.165, 1.54) is 5.98 Å². The molecule has 0 aliphatic heterocycles. The molecule has 0 fully saturated rings. The molecule has 0 saturated heterocycles. The van der Waals surface area contributed by atoms with E-state index in [0.29, 0.717) is 0 Å². The van der Waals surface area contributed by atoms with Gasteiger partial charge in [0.05, 0.1) is 11.2 Å². The first kappa shape index (κ1) is 17.1. The SMILES string of the molecule is CC(C)(O)C(C)(C)O.CC(C)=CB(O)O. The Labute approximate surface area is 92.4 Å². The lowest BCUT2D eigenvalue weighted by atomic mass is 9.89. The van der Waals surface area contributed by atoms with Crippen molar-refractivity contribution in [3.63, 3.8) is 0 Å². The summed E-state index contributed by atoms with van der Waals surface area (Å²) in [6, 6.07) is 0. The van der Waals surface area contributed by atoms with Crippen molar-refractivity contribution in [2.75, 3.05) is 0 Å². The van der Waals surface area contributed by atoms with Crippen LogP contribution in [0.5, 0.6) is 0 Å². The summed E-state index contributed by atoms with van der Waals surface area (Å²) in [5.41, 5.74) is -1.10. The van der Waals surface area contributed by atoms with Gasteiger partial charge in [-0.15, -0.1) is 0 Å².